The smallest absolute Gasteiger partial charge is 0.251 e. The van der Waals surface area contributed by atoms with Crippen LogP contribution in [0.2, 0.25) is 0 Å². The second-order valence-electron chi connectivity index (χ2n) is 5.86. The molecule has 5 nitrogen and oxygen atoms in total. The Hall–Kier alpha value is -1.88. The number of piperidine rings is 1. The summed E-state index contributed by atoms with van der Waals surface area (Å²) in [7, 11) is 0. The fraction of sp³-hybridized carbons (Fsp3) is 0.467. The molecule has 1 saturated heterocycles. The van der Waals surface area contributed by atoms with Crippen LogP contribution in [0.5, 0.6) is 0 Å². The summed E-state index contributed by atoms with van der Waals surface area (Å²) < 4.78 is 0. The summed E-state index contributed by atoms with van der Waals surface area (Å²) in [6.45, 7) is 3.95. The summed E-state index contributed by atoms with van der Waals surface area (Å²) in [4.78, 5) is 23.7. The largest absolute Gasteiger partial charge is 0.347 e. The Morgan fingerprint density at radius 3 is 2.80 bits per heavy atom. The summed E-state index contributed by atoms with van der Waals surface area (Å²) in [5.74, 6) is -0.0700. The minimum Gasteiger partial charge on any atom is -0.347 e. The lowest BCUT2D eigenvalue weighted by atomic mass is 9.90. The van der Waals surface area contributed by atoms with Crippen molar-refractivity contribution in [1.29, 1.82) is 0 Å². The van der Waals surface area contributed by atoms with Crippen LogP contribution < -0.4 is 16.0 Å². The molecule has 2 aliphatic rings. The number of carbonyl (C=O) groups is 2. The van der Waals surface area contributed by atoms with E-state index in [0.29, 0.717) is 12.0 Å². The van der Waals surface area contributed by atoms with Gasteiger partial charge in [0.2, 0.25) is 5.91 Å². The fourth-order valence-electron chi connectivity index (χ4n) is 2.82. The zero-order chi connectivity index (χ0) is 14.2. The molecular weight excluding hydrogens is 254 g/mol. The molecule has 20 heavy (non-hydrogen) atoms. The molecule has 0 radical (unpaired) electrons. The zero-order valence-electron chi connectivity index (χ0n) is 11.6. The molecule has 106 valence electrons. The molecule has 0 atom stereocenters. The quantitative estimate of drug-likeness (QED) is 0.754. The van der Waals surface area contributed by atoms with Gasteiger partial charge in [0.1, 0.15) is 0 Å². The molecule has 1 aromatic carbocycles. The van der Waals surface area contributed by atoms with Crippen molar-refractivity contribution in [3.8, 4) is 0 Å². The molecule has 0 spiro atoms. The van der Waals surface area contributed by atoms with Crippen molar-refractivity contribution >= 4 is 17.5 Å². The predicted molar refractivity (Wildman–Crippen MR) is 76.8 cm³/mol. The van der Waals surface area contributed by atoms with Crippen molar-refractivity contribution in [2.24, 2.45) is 0 Å². The van der Waals surface area contributed by atoms with Gasteiger partial charge in [-0.3, -0.25) is 9.59 Å². The van der Waals surface area contributed by atoms with E-state index in [1.54, 1.807) is 12.1 Å². The Balaban J connectivity index is 1.74. The summed E-state index contributed by atoms with van der Waals surface area (Å²) in [6.07, 6.45) is 2.23. The number of fused-ring (bicyclic) bond motifs is 1. The molecule has 3 N–H and O–H groups in total. The Morgan fingerprint density at radius 2 is 2.05 bits per heavy atom. The fourth-order valence-corrected chi connectivity index (χ4v) is 2.82. The van der Waals surface area contributed by atoms with Gasteiger partial charge in [-0.2, -0.15) is 0 Å². The van der Waals surface area contributed by atoms with Crippen LogP contribution in [0.3, 0.4) is 0 Å². The number of nitrogens with one attached hydrogen (secondary N) is 3. The average Bonchev–Trinajstić information content (AvgIpc) is 2.78. The molecule has 1 fully saturated rings. The maximum Gasteiger partial charge on any atom is 0.251 e. The van der Waals surface area contributed by atoms with Crippen molar-refractivity contribution in [3.05, 3.63) is 29.3 Å². The minimum absolute atomic E-state index is 0.0112. The number of amides is 2. The number of hydrogen-bond donors (Lipinski definition) is 3. The molecule has 0 unspecified atom stereocenters. The topological polar surface area (TPSA) is 70.2 Å². The van der Waals surface area contributed by atoms with Crippen molar-refractivity contribution < 1.29 is 9.59 Å². The first-order chi connectivity index (χ1) is 9.56. The van der Waals surface area contributed by atoms with Gasteiger partial charge in [0.15, 0.2) is 0 Å². The Morgan fingerprint density at radius 1 is 1.30 bits per heavy atom. The first-order valence-corrected chi connectivity index (χ1v) is 7.02. The molecule has 1 aromatic rings. The molecule has 0 aliphatic carbocycles. The molecule has 0 bridgehead atoms. The van der Waals surface area contributed by atoms with Crippen LogP contribution in [-0.4, -0.2) is 30.4 Å². The van der Waals surface area contributed by atoms with Gasteiger partial charge >= 0.3 is 0 Å². The number of rotatable bonds is 2. The molecule has 0 aromatic heterocycles. The highest BCUT2D eigenvalue weighted by molar-refractivity contribution is 6.01. The summed E-state index contributed by atoms with van der Waals surface area (Å²) >= 11 is 0. The van der Waals surface area contributed by atoms with Crippen molar-refractivity contribution in [1.82, 2.24) is 10.6 Å². The second kappa shape index (κ2) is 4.90. The van der Waals surface area contributed by atoms with Crippen LogP contribution in [0, 0.1) is 0 Å². The van der Waals surface area contributed by atoms with Crippen LogP contribution in [0.4, 0.5) is 5.69 Å². The van der Waals surface area contributed by atoms with E-state index in [9.17, 15) is 9.59 Å². The normalized spacial score (nSPS) is 20.1. The van der Waals surface area contributed by atoms with E-state index in [1.165, 1.54) is 0 Å². The Bertz CT molecular complexity index is 562. The van der Waals surface area contributed by atoms with Crippen molar-refractivity contribution in [2.45, 2.75) is 31.7 Å². The van der Waals surface area contributed by atoms with Gasteiger partial charge in [-0.15, -0.1) is 0 Å². The average molecular weight is 273 g/mol. The predicted octanol–water partition coefficient (Wildman–Crippen LogP) is 1.05. The summed E-state index contributed by atoms with van der Waals surface area (Å²) in [5, 5.41) is 9.20. The maximum absolute atomic E-state index is 12.4. The first kappa shape index (κ1) is 13.1. The van der Waals surface area contributed by atoms with Crippen molar-refractivity contribution in [2.75, 3.05) is 18.4 Å². The van der Waals surface area contributed by atoms with Gasteiger partial charge in [0.05, 0.1) is 6.42 Å². The maximum atomic E-state index is 12.4. The third-order valence-electron chi connectivity index (χ3n) is 4.11. The Kier molecular flexibility index (Phi) is 3.22. The molecule has 3 rings (SSSR count). The number of anilines is 1. The highest BCUT2D eigenvalue weighted by Crippen LogP contribution is 2.24. The SMILES string of the molecule is CC1(NC(=O)c2ccc3c(c2)CC(=O)N3)CCNCC1. The van der Waals surface area contributed by atoms with E-state index >= 15 is 0 Å². The van der Waals surface area contributed by atoms with E-state index in [0.717, 1.165) is 37.2 Å². The van der Waals surface area contributed by atoms with Crippen LogP contribution >= 0.6 is 0 Å². The lowest BCUT2D eigenvalue weighted by Gasteiger charge is -2.35. The molecule has 2 heterocycles. The van der Waals surface area contributed by atoms with Crippen molar-refractivity contribution in [3.63, 3.8) is 0 Å². The van der Waals surface area contributed by atoms with E-state index in [2.05, 4.69) is 22.9 Å². The van der Waals surface area contributed by atoms with Gasteiger partial charge in [0, 0.05) is 16.8 Å². The highest BCUT2D eigenvalue weighted by atomic mass is 16.2. The third-order valence-corrected chi connectivity index (χ3v) is 4.11. The lowest BCUT2D eigenvalue weighted by molar-refractivity contribution is -0.115. The summed E-state index contributed by atoms with van der Waals surface area (Å²) in [6, 6.07) is 5.39. The molecule has 2 aliphatic heterocycles. The number of benzene rings is 1. The van der Waals surface area contributed by atoms with E-state index in [1.807, 2.05) is 6.07 Å². The van der Waals surface area contributed by atoms with Crippen LogP contribution in [0.15, 0.2) is 18.2 Å². The Labute approximate surface area is 118 Å². The first-order valence-electron chi connectivity index (χ1n) is 7.02. The summed E-state index contributed by atoms with van der Waals surface area (Å²) in [5.41, 5.74) is 2.20. The van der Waals surface area contributed by atoms with Gasteiger partial charge in [-0.25, -0.2) is 0 Å². The van der Waals surface area contributed by atoms with Gasteiger partial charge in [-0.05, 0) is 56.6 Å². The molecule has 5 heteroatoms. The number of hydrogen-bond acceptors (Lipinski definition) is 3. The van der Waals surface area contributed by atoms with E-state index in [4.69, 9.17) is 0 Å². The van der Waals surface area contributed by atoms with Gasteiger partial charge < -0.3 is 16.0 Å². The van der Waals surface area contributed by atoms with E-state index in [-0.39, 0.29) is 17.4 Å². The molecule has 0 saturated carbocycles. The second-order valence-corrected chi connectivity index (χ2v) is 5.86. The van der Waals surface area contributed by atoms with Gasteiger partial charge in [0.25, 0.3) is 5.91 Å². The minimum atomic E-state index is -0.143. The highest BCUT2D eigenvalue weighted by Gasteiger charge is 2.29. The number of carbonyl (C=O) groups excluding carboxylic acids is 2. The lowest BCUT2D eigenvalue weighted by Crippen LogP contribution is -2.52. The molecular formula is C15H19N3O2. The van der Waals surface area contributed by atoms with E-state index < -0.39 is 0 Å². The van der Waals surface area contributed by atoms with Crippen LogP contribution in [-0.2, 0) is 11.2 Å². The third kappa shape index (κ3) is 2.54. The standard InChI is InChI=1S/C15H19N3O2/c1-15(4-6-16-7-5-15)18-14(20)10-2-3-12-11(8-10)9-13(19)17-12/h2-3,8,16H,4-7,9H2,1H3,(H,17,19)(H,18,20). The van der Waals surface area contributed by atoms with Crippen LogP contribution in [0.25, 0.3) is 0 Å². The van der Waals surface area contributed by atoms with Gasteiger partial charge in [-0.1, -0.05) is 0 Å². The zero-order valence-corrected chi connectivity index (χ0v) is 11.6. The van der Waals surface area contributed by atoms with Crippen LogP contribution in [0.1, 0.15) is 35.7 Å². The monoisotopic (exact) mass is 273 g/mol. The molecule has 2 amide bonds.